The number of piperidine rings is 1. The number of carbonyl (C=O) groups is 3. The molecule has 2 aliphatic heterocycles. The van der Waals surface area contributed by atoms with Gasteiger partial charge < -0.3 is 15.1 Å². The van der Waals surface area contributed by atoms with Gasteiger partial charge in [0, 0.05) is 43.5 Å². The van der Waals surface area contributed by atoms with Crippen molar-refractivity contribution in [3.05, 3.63) is 64.7 Å². The van der Waals surface area contributed by atoms with E-state index >= 15 is 0 Å². The van der Waals surface area contributed by atoms with Crippen molar-refractivity contribution in [3.63, 3.8) is 0 Å². The first-order chi connectivity index (χ1) is 14.8. The predicted octanol–water partition coefficient (Wildman–Crippen LogP) is 3.13. The zero-order valence-electron chi connectivity index (χ0n) is 17.6. The lowest BCUT2D eigenvalue weighted by molar-refractivity contribution is -0.133. The van der Waals surface area contributed by atoms with Crippen molar-refractivity contribution < 1.29 is 14.4 Å². The van der Waals surface area contributed by atoms with E-state index in [1.165, 1.54) is 4.90 Å². The minimum atomic E-state index is -0.958. The molecule has 0 saturated carbocycles. The number of hydrogen-bond acceptors (Lipinski definition) is 4. The van der Waals surface area contributed by atoms with Gasteiger partial charge in [-0.05, 0) is 42.7 Å². The van der Waals surface area contributed by atoms with Gasteiger partial charge in [-0.2, -0.15) is 0 Å². The summed E-state index contributed by atoms with van der Waals surface area (Å²) in [5.41, 5.74) is 1.33. The summed E-state index contributed by atoms with van der Waals surface area (Å²) in [7, 11) is 3.86. The highest BCUT2D eigenvalue weighted by molar-refractivity contribution is 6.31. The summed E-state index contributed by atoms with van der Waals surface area (Å²) in [4.78, 5) is 43.6. The number of likely N-dealkylation sites (tertiary alicyclic amines) is 1. The Labute approximate surface area is 186 Å². The SMILES string of the molecule is CN(C)c1cccc(C(=O)N2CCC3(CC2)NC(=O)N(Cc2ccccc2Cl)C3=O)c1. The number of nitrogens with one attached hydrogen (secondary N) is 1. The van der Waals surface area contributed by atoms with Crippen molar-refractivity contribution in [3.8, 4) is 0 Å². The molecule has 4 amide bonds. The van der Waals surface area contributed by atoms with Gasteiger partial charge in [0.25, 0.3) is 11.8 Å². The maximum atomic E-state index is 13.2. The molecule has 2 fully saturated rings. The lowest BCUT2D eigenvalue weighted by Crippen LogP contribution is -2.55. The third-order valence-electron chi connectivity index (χ3n) is 6.05. The number of amides is 4. The zero-order chi connectivity index (χ0) is 22.2. The fourth-order valence-electron chi connectivity index (χ4n) is 4.15. The number of carbonyl (C=O) groups excluding carboxylic acids is 3. The van der Waals surface area contributed by atoms with Gasteiger partial charge in [-0.1, -0.05) is 35.9 Å². The molecule has 0 radical (unpaired) electrons. The standard InChI is InChI=1S/C23H25ClN4O3/c1-26(2)18-8-5-7-16(14-18)20(29)27-12-10-23(11-13-27)21(30)28(22(31)25-23)15-17-6-3-4-9-19(17)24/h3-9,14H,10-13,15H2,1-2H3,(H,25,31). The van der Waals surface area contributed by atoms with Crippen LogP contribution in [0.1, 0.15) is 28.8 Å². The van der Waals surface area contributed by atoms with Crippen molar-refractivity contribution in [2.24, 2.45) is 0 Å². The van der Waals surface area contributed by atoms with Gasteiger partial charge in [-0.25, -0.2) is 4.79 Å². The van der Waals surface area contributed by atoms with E-state index in [0.717, 1.165) is 11.3 Å². The molecule has 0 aromatic heterocycles. The van der Waals surface area contributed by atoms with E-state index in [1.807, 2.05) is 43.3 Å². The second-order valence-corrected chi connectivity index (χ2v) is 8.64. The monoisotopic (exact) mass is 440 g/mol. The first kappa shape index (κ1) is 21.2. The molecule has 31 heavy (non-hydrogen) atoms. The average Bonchev–Trinajstić information content (AvgIpc) is 2.99. The van der Waals surface area contributed by atoms with E-state index in [0.29, 0.717) is 36.5 Å². The van der Waals surface area contributed by atoms with Gasteiger partial charge in [0.2, 0.25) is 0 Å². The molecule has 1 spiro atoms. The molecular formula is C23H25ClN4O3. The second-order valence-electron chi connectivity index (χ2n) is 8.23. The summed E-state index contributed by atoms with van der Waals surface area (Å²) in [5, 5.41) is 3.40. The molecule has 2 aromatic carbocycles. The van der Waals surface area contributed by atoms with Crippen LogP contribution in [0.2, 0.25) is 5.02 Å². The Bertz CT molecular complexity index is 1030. The average molecular weight is 441 g/mol. The first-order valence-electron chi connectivity index (χ1n) is 10.2. The number of anilines is 1. The van der Waals surface area contributed by atoms with Gasteiger partial charge in [-0.3, -0.25) is 14.5 Å². The van der Waals surface area contributed by atoms with E-state index in [2.05, 4.69) is 5.32 Å². The van der Waals surface area contributed by atoms with Gasteiger partial charge in [0.1, 0.15) is 5.54 Å². The minimum Gasteiger partial charge on any atom is -0.378 e. The fourth-order valence-corrected chi connectivity index (χ4v) is 4.34. The highest BCUT2D eigenvalue weighted by Crippen LogP contribution is 2.32. The topological polar surface area (TPSA) is 73.0 Å². The van der Waals surface area contributed by atoms with Gasteiger partial charge in [0.15, 0.2) is 0 Å². The summed E-state index contributed by atoms with van der Waals surface area (Å²) in [6.07, 6.45) is 0.769. The third-order valence-corrected chi connectivity index (χ3v) is 6.41. The van der Waals surface area contributed by atoms with Crippen molar-refractivity contribution >= 4 is 35.1 Å². The zero-order valence-corrected chi connectivity index (χ0v) is 18.4. The molecule has 0 unspecified atom stereocenters. The summed E-state index contributed by atoms with van der Waals surface area (Å²) < 4.78 is 0. The number of nitrogens with zero attached hydrogens (tertiary/aromatic N) is 3. The van der Waals surface area contributed by atoms with Crippen LogP contribution in [-0.4, -0.2) is 60.4 Å². The van der Waals surface area contributed by atoms with E-state index in [9.17, 15) is 14.4 Å². The van der Waals surface area contributed by atoms with E-state index < -0.39 is 11.6 Å². The van der Waals surface area contributed by atoms with E-state index in [1.54, 1.807) is 29.2 Å². The Hall–Kier alpha value is -3.06. The second kappa shape index (κ2) is 8.23. The van der Waals surface area contributed by atoms with Crippen molar-refractivity contribution in [2.45, 2.75) is 24.9 Å². The molecule has 7 nitrogen and oxygen atoms in total. The van der Waals surface area contributed by atoms with Crippen LogP contribution in [0.25, 0.3) is 0 Å². The first-order valence-corrected chi connectivity index (χ1v) is 10.6. The highest BCUT2D eigenvalue weighted by atomic mass is 35.5. The summed E-state index contributed by atoms with van der Waals surface area (Å²) in [5.74, 6) is -0.317. The molecule has 4 rings (SSSR count). The number of benzene rings is 2. The molecule has 2 saturated heterocycles. The number of imide groups is 1. The van der Waals surface area contributed by atoms with Crippen LogP contribution in [0.15, 0.2) is 48.5 Å². The van der Waals surface area contributed by atoms with Crippen molar-refractivity contribution in [2.75, 3.05) is 32.1 Å². The number of rotatable bonds is 4. The summed E-state index contributed by atoms with van der Waals surface area (Å²) in [6.45, 7) is 0.931. The summed E-state index contributed by atoms with van der Waals surface area (Å²) >= 11 is 6.20. The Kier molecular flexibility index (Phi) is 5.62. The quantitative estimate of drug-likeness (QED) is 0.741. The molecule has 0 bridgehead atoms. The largest absolute Gasteiger partial charge is 0.378 e. The number of hydrogen-bond donors (Lipinski definition) is 1. The number of urea groups is 1. The van der Waals surface area contributed by atoms with Gasteiger partial charge in [0.05, 0.1) is 6.54 Å². The Morgan fingerprint density at radius 2 is 1.81 bits per heavy atom. The molecule has 162 valence electrons. The maximum Gasteiger partial charge on any atom is 0.325 e. The van der Waals surface area contributed by atoms with Crippen LogP contribution >= 0.6 is 11.6 Å². The fraction of sp³-hybridized carbons (Fsp3) is 0.348. The lowest BCUT2D eigenvalue weighted by Gasteiger charge is -2.37. The van der Waals surface area contributed by atoms with Gasteiger partial charge >= 0.3 is 6.03 Å². The van der Waals surface area contributed by atoms with Crippen LogP contribution in [0.3, 0.4) is 0 Å². The number of halogens is 1. The van der Waals surface area contributed by atoms with Crippen LogP contribution in [0.5, 0.6) is 0 Å². The van der Waals surface area contributed by atoms with Gasteiger partial charge in [-0.15, -0.1) is 0 Å². The molecule has 2 aliphatic rings. The van der Waals surface area contributed by atoms with Crippen LogP contribution in [0.4, 0.5) is 10.5 Å². The smallest absolute Gasteiger partial charge is 0.325 e. The normalized spacial score (nSPS) is 17.8. The van der Waals surface area contributed by atoms with E-state index in [-0.39, 0.29) is 18.4 Å². The minimum absolute atomic E-state index is 0.0664. The molecule has 2 aromatic rings. The Morgan fingerprint density at radius 3 is 2.48 bits per heavy atom. The van der Waals surface area contributed by atoms with Crippen LogP contribution < -0.4 is 10.2 Å². The molecule has 1 N–H and O–H groups in total. The van der Waals surface area contributed by atoms with E-state index in [4.69, 9.17) is 11.6 Å². The van der Waals surface area contributed by atoms with Crippen LogP contribution in [0, 0.1) is 0 Å². The molecular weight excluding hydrogens is 416 g/mol. The molecule has 0 atom stereocenters. The predicted molar refractivity (Wildman–Crippen MR) is 119 cm³/mol. The molecule has 2 heterocycles. The van der Waals surface area contributed by atoms with Crippen molar-refractivity contribution in [1.29, 1.82) is 0 Å². The third kappa shape index (κ3) is 3.97. The maximum absolute atomic E-state index is 13.2. The molecule has 8 heteroatoms. The Morgan fingerprint density at radius 1 is 1.10 bits per heavy atom. The van der Waals surface area contributed by atoms with Crippen LogP contribution in [-0.2, 0) is 11.3 Å². The summed E-state index contributed by atoms with van der Waals surface area (Å²) in [6, 6.07) is 14.2. The Balaban J connectivity index is 1.44. The highest BCUT2D eigenvalue weighted by Gasteiger charge is 2.52. The molecule has 0 aliphatic carbocycles. The van der Waals surface area contributed by atoms with Crippen molar-refractivity contribution in [1.82, 2.24) is 15.1 Å². The lowest BCUT2D eigenvalue weighted by atomic mass is 9.87.